The summed E-state index contributed by atoms with van der Waals surface area (Å²) in [6, 6.07) is 23.7. The maximum atomic E-state index is 12.1. The lowest BCUT2D eigenvalue weighted by molar-refractivity contribution is -0.123. The van der Waals surface area contributed by atoms with Crippen molar-refractivity contribution in [1.82, 2.24) is 10.7 Å². The highest BCUT2D eigenvalue weighted by atomic mass is 79.9. The Labute approximate surface area is 189 Å². The number of carbonyl (C=O) groups excluding carboxylic acids is 2. The Kier molecular flexibility index (Phi) is 7.95. The lowest BCUT2D eigenvalue weighted by atomic mass is 10.1. The van der Waals surface area contributed by atoms with Crippen LogP contribution in [0.25, 0.3) is 0 Å². The number of nitrogens with zero attached hydrogens (tertiary/aromatic N) is 1. The molecule has 0 bridgehead atoms. The summed E-state index contributed by atoms with van der Waals surface area (Å²) >= 11 is 3.33. The fourth-order valence-corrected chi connectivity index (χ4v) is 3.00. The van der Waals surface area contributed by atoms with E-state index in [1.165, 1.54) is 6.21 Å². The Balaban J connectivity index is 1.44. The lowest BCUT2D eigenvalue weighted by Crippen LogP contribution is -2.31. The summed E-state index contributed by atoms with van der Waals surface area (Å²) in [4.78, 5) is 24.1. The monoisotopic (exact) mass is 479 g/mol. The summed E-state index contributed by atoms with van der Waals surface area (Å²) < 4.78 is 6.44. The smallest absolute Gasteiger partial charge is 0.271 e. The molecule has 31 heavy (non-hydrogen) atoms. The van der Waals surface area contributed by atoms with Crippen molar-refractivity contribution >= 4 is 34.0 Å². The number of nitrogens with one attached hydrogen (secondary N) is 2. The molecule has 0 aromatic heterocycles. The molecule has 3 aromatic rings. The first-order chi connectivity index (χ1) is 15.0. The van der Waals surface area contributed by atoms with E-state index in [-0.39, 0.29) is 24.5 Å². The van der Waals surface area contributed by atoms with Crippen LogP contribution in [0, 0.1) is 0 Å². The molecule has 0 radical (unpaired) electrons. The van der Waals surface area contributed by atoms with Crippen LogP contribution in [-0.4, -0.2) is 24.6 Å². The van der Waals surface area contributed by atoms with Crippen LogP contribution in [0.3, 0.4) is 0 Å². The Bertz CT molecular complexity index is 1040. The number of amides is 2. The van der Waals surface area contributed by atoms with Crippen molar-refractivity contribution in [2.24, 2.45) is 5.10 Å². The summed E-state index contributed by atoms with van der Waals surface area (Å²) in [5.74, 6) is 0.0793. The van der Waals surface area contributed by atoms with Gasteiger partial charge < -0.3 is 10.1 Å². The van der Waals surface area contributed by atoms with Gasteiger partial charge in [0, 0.05) is 10.0 Å². The van der Waals surface area contributed by atoms with Gasteiger partial charge in [-0.15, -0.1) is 0 Å². The third-order valence-electron chi connectivity index (χ3n) is 4.41. The van der Waals surface area contributed by atoms with Gasteiger partial charge in [0.25, 0.3) is 11.8 Å². The van der Waals surface area contributed by atoms with E-state index in [1.54, 1.807) is 48.5 Å². The highest BCUT2D eigenvalue weighted by Gasteiger charge is 2.09. The number of halogens is 1. The minimum absolute atomic E-state index is 0.0755. The van der Waals surface area contributed by atoms with Gasteiger partial charge in [0.2, 0.25) is 0 Å². The van der Waals surface area contributed by atoms with Gasteiger partial charge in [0.15, 0.2) is 6.61 Å². The molecule has 0 aliphatic heterocycles. The quantitative estimate of drug-likeness (QED) is 0.369. The molecule has 0 spiro atoms. The second-order valence-corrected chi connectivity index (χ2v) is 7.68. The molecule has 0 aliphatic rings. The van der Waals surface area contributed by atoms with Crippen LogP contribution in [0.4, 0.5) is 0 Å². The molecule has 0 heterocycles. The van der Waals surface area contributed by atoms with E-state index in [4.69, 9.17) is 4.74 Å². The van der Waals surface area contributed by atoms with Gasteiger partial charge >= 0.3 is 0 Å². The van der Waals surface area contributed by atoms with Gasteiger partial charge in [0.05, 0.1) is 12.3 Å². The van der Waals surface area contributed by atoms with Crippen LogP contribution in [0.2, 0.25) is 0 Å². The van der Waals surface area contributed by atoms with E-state index >= 15 is 0 Å². The van der Waals surface area contributed by atoms with E-state index < -0.39 is 0 Å². The minimum Gasteiger partial charge on any atom is -0.484 e. The zero-order valence-electron chi connectivity index (χ0n) is 16.9. The molecule has 7 heteroatoms. The van der Waals surface area contributed by atoms with Crippen molar-refractivity contribution in [2.75, 3.05) is 6.61 Å². The summed E-state index contributed by atoms with van der Waals surface area (Å²) in [6.07, 6.45) is 1.54. The molecule has 0 saturated heterocycles. The summed E-state index contributed by atoms with van der Waals surface area (Å²) in [5, 5.41) is 6.87. The number of carbonyl (C=O) groups is 2. The highest BCUT2D eigenvalue weighted by Crippen LogP contribution is 2.13. The fourth-order valence-electron chi connectivity index (χ4n) is 2.74. The number of rotatable bonds is 8. The number of hydrazone groups is 1. The molecule has 2 amide bonds. The number of hydrogen-bond acceptors (Lipinski definition) is 4. The highest BCUT2D eigenvalue weighted by molar-refractivity contribution is 9.10. The van der Waals surface area contributed by atoms with E-state index in [2.05, 4.69) is 31.8 Å². The zero-order valence-corrected chi connectivity index (χ0v) is 18.5. The third-order valence-corrected chi connectivity index (χ3v) is 4.94. The van der Waals surface area contributed by atoms with E-state index in [0.717, 1.165) is 15.6 Å². The second kappa shape index (κ2) is 11.1. The van der Waals surface area contributed by atoms with Crippen molar-refractivity contribution < 1.29 is 14.3 Å². The van der Waals surface area contributed by atoms with Crippen molar-refractivity contribution in [2.45, 2.75) is 13.0 Å². The van der Waals surface area contributed by atoms with Crippen LogP contribution in [0.15, 0.2) is 88.4 Å². The molecule has 0 fully saturated rings. The van der Waals surface area contributed by atoms with Gasteiger partial charge in [-0.05, 0) is 66.6 Å². The van der Waals surface area contributed by atoms with Crippen molar-refractivity contribution in [1.29, 1.82) is 0 Å². The molecule has 3 aromatic carbocycles. The van der Waals surface area contributed by atoms with E-state index in [0.29, 0.717) is 11.3 Å². The van der Waals surface area contributed by atoms with Crippen LogP contribution in [-0.2, 0) is 4.79 Å². The lowest BCUT2D eigenvalue weighted by Gasteiger charge is -2.14. The average Bonchev–Trinajstić information content (AvgIpc) is 2.79. The SMILES string of the molecule is C[C@@H](NC(=O)COc1ccc(/C=N\NC(=O)c2ccc(Br)cc2)cc1)c1ccccc1. The normalized spacial score (nSPS) is 11.7. The van der Waals surface area contributed by atoms with Crippen molar-refractivity contribution in [3.63, 3.8) is 0 Å². The van der Waals surface area contributed by atoms with Gasteiger partial charge in [-0.25, -0.2) is 5.43 Å². The van der Waals surface area contributed by atoms with E-state index in [9.17, 15) is 9.59 Å². The standard InChI is InChI=1S/C24H22BrN3O3/c1-17(19-5-3-2-4-6-19)27-23(29)16-31-22-13-7-18(8-14-22)15-26-28-24(30)20-9-11-21(25)12-10-20/h2-15,17H,16H2,1H3,(H,27,29)(H,28,30)/b26-15-/t17-/m1/s1. The first-order valence-corrected chi connectivity index (χ1v) is 10.5. The van der Waals surface area contributed by atoms with Gasteiger partial charge in [-0.1, -0.05) is 46.3 Å². The molecule has 3 rings (SSSR count). The van der Waals surface area contributed by atoms with Crippen molar-refractivity contribution in [3.8, 4) is 5.75 Å². The van der Waals surface area contributed by atoms with Crippen LogP contribution < -0.4 is 15.5 Å². The predicted molar refractivity (Wildman–Crippen MR) is 124 cm³/mol. The predicted octanol–water partition coefficient (Wildman–Crippen LogP) is 4.47. The summed E-state index contributed by atoms with van der Waals surface area (Å²) in [5.41, 5.74) is 4.82. The topological polar surface area (TPSA) is 79.8 Å². The second-order valence-electron chi connectivity index (χ2n) is 6.76. The molecule has 6 nitrogen and oxygen atoms in total. The fraction of sp³-hybridized carbons (Fsp3) is 0.125. The first kappa shape index (κ1) is 22.2. The Hall–Kier alpha value is -3.45. The minimum atomic E-state index is -0.292. The van der Waals surface area contributed by atoms with Crippen LogP contribution in [0.5, 0.6) is 5.75 Å². The Morgan fingerprint density at radius 3 is 2.35 bits per heavy atom. The molecular weight excluding hydrogens is 458 g/mol. The maximum absolute atomic E-state index is 12.1. The molecule has 1 atom stereocenters. The zero-order chi connectivity index (χ0) is 22.1. The van der Waals surface area contributed by atoms with Crippen molar-refractivity contribution in [3.05, 3.63) is 100 Å². The Morgan fingerprint density at radius 2 is 1.68 bits per heavy atom. The Morgan fingerprint density at radius 1 is 1.00 bits per heavy atom. The molecular formula is C24H22BrN3O3. The van der Waals surface area contributed by atoms with Gasteiger partial charge in [0.1, 0.15) is 5.75 Å². The summed E-state index contributed by atoms with van der Waals surface area (Å²) in [6.45, 7) is 1.85. The number of benzene rings is 3. The van der Waals surface area contributed by atoms with E-state index in [1.807, 2.05) is 37.3 Å². The summed E-state index contributed by atoms with van der Waals surface area (Å²) in [7, 11) is 0. The molecule has 0 aliphatic carbocycles. The average molecular weight is 480 g/mol. The number of ether oxygens (including phenoxy) is 1. The number of hydrogen-bond donors (Lipinski definition) is 2. The molecule has 0 unspecified atom stereocenters. The third kappa shape index (κ3) is 7.08. The van der Waals surface area contributed by atoms with Gasteiger partial charge in [-0.3, -0.25) is 9.59 Å². The van der Waals surface area contributed by atoms with Crippen LogP contribution in [0.1, 0.15) is 34.5 Å². The largest absolute Gasteiger partial charge is 0.484 e. The van der Waals surface area contributed by atoms with Gasteiger partial charge in [-0.2, -0.15) is 5.10 Å². The molecule has 0 saturated carbocycles. The molecule has 2 N–H and O–H groups in total. The molecule has 158 valence electrons. The first-order valence-electron chi connectivity index (χ1n) is 9.67. The van der Waals surface area contributed by atoms with Crippen LogP contribution >= 0.6 is 15.9 Å². The maximum Gasteiger partial charge on any atom is 0.271 e.